The molecule has 106 valence electrons. The third kappa shape index (κ3) is 4.07. The molecule has 0 saturated heterocycles. The fourth-order valence-corrected chi connectivity index (χ4v) is 2.53. The molecule has 2 rings (SSSR count). The largest absolute Gasteiger partial charge is 0.329 e. The van der Waals surface area contributed by atoms with Crippen molar-refractivity contribution in [1.82, 2.24) is 4.90 Å². The minimum atomic E-state index is 0.314. The number of hydrogen-bond acceptors (Lipinski definition) is 2. The molecular weight excluding hydrogens is 268 g/mol. The molecule has 1 atom stereocenters. The molecule has 0 amide bonds. The summed E-state index contributed by atoms with van der Waals surface area (Å²) in [5, 5.41) is 0.815. The van der Waals surface area contributed by atoms with Crippen LogP contribution >= 0.6 is 11.6 Å². The van der Waals surface area contributed by atoms with Gasteiger partial charge in [-0.15, -0.1) is 0 Å². The molecule has 2 N–H and O–H groups in total. The number of rotatable bonds is 6. The Morgan fingerprint density at radius 2 is 1.70 bits per heavy atom. The van der Waals surface area contributed by atoms with Gasteiger partial charge in [-0.05, 0) is 30.7 Å². The molecule has 1 unspecified atom stereocenters. The van der Waals surface area contributed by atoms with Crippen LogP contribution < -0.4 is 5.73 Å². The molecule has 2 nitrogen and oxygen atoms in total. The number of nitrogens with two attached hydrogens (primary N) is 1. The van der Waals surface area contributed by atoms with Gasteiger partial charge in [0.05, 0.1) is 0 Å². The van der Waals surface area contributed by atoms with Crippen LogP contribution in [0.1, 0.15) is 11.1 Å². The van der Waals surface area contributed by atoms with Crippen molar-refractivity contribution in [3.63, 3.8) is 0 Å². The van der Waals surface area contributed by atoms with Gasteiger partial charge < -0.3 is 5.73 Å². The summed E-state index contributed by atoms with van der Waals surface area (Å²) in [7, 11) is 2.10. The normalized spacial score (nSPS) is 12.6. The van der Waals surface area contributed by atoms with E-state index in [1.807, 2.05) is 24.3 Å². The SMILES string of the molecule is CN(Cc1ccccc1Cl)C(CN)Cc1ccccc1. The molecule has 0 aliphatic heterocycles. The molecule has 2 aromatic carbocycles. The third-order valence-corrected chi connectivity index (χ3v) is 3.96. The summed E-state index contributed by atoms with van der Waals surface area (Å²) in [4.78, 5) is 2.27. The van der Waals surface area contributed by atoms with Gasteiger partial charge >= 0.3 is 0 Å². The van der Waals surface area contributed by atoms with Crippen molar-refractivity contribution in [1.29, 1.82) is 0 Å². The fraction of sp³-hybridized carbons (Fsp3) is 0.294. The zero-order valence-electron chi connectivity index (χ0n) is 11.8. The van der Waals surface area contributed by atoms with Gasteiger partial charge in [0.1, 0.15) is 0 Å². The summed E-state index contributed by atoms with van der Waals surface area (Å²) < 4.78 is 0. The van der Waals surface area contributed by atoms with E-state index in [0.29, 0.717) is 12.6 Å². The Balaban J connectivity index is 2.02. The van der Waals surface area contributed by atoms with Gasteiger partial charge in [-0.1, -0.05) is 60.1 Å². The van der Waals surface area contributed by atoms with Crippen molar-refractivity contribution in [2.75, 3.05) is 13.6 Å². The lowest BCUT2D eigenvalue weighted by atomic mass is 10.0. The van der Waals surface area contributed by atoms with E-state index in [1.165, 1.54) is 5.56 Å². The molecule has 20 heavy (non-hydrogen) atoms. The van der Waals surface area contributed by atoms with Crippen LogP contribution in [0.25, 0.3) is 0 Å². The molecule has 0 saturated carbocycles. The van der Waals surface area contributed by atoms with Crippen LogP contribution in [0.3, 0.4) is 0 Å². The second-order valence-electron chi connectivity index (χ2n) is 5.09. The zero-order valence-corrected chi connectivity index (χ0v) is 12.6. The Bertz CT molecular complexity index is 528. The quantitative estimate of drug-likeness (QED) is 0.883. The maximum Gasteiger partial charge on any atom is 0.0451 e. The Morgan fingerprint density at radius 3 is 2.35 bits per heavy atom. The number of nitrogens with zero attached hydrogens (tertiary/aromatic N) is 1. The molecule has 0 bridgehead atoms. The summed E-state index contributed by atoms with van der Waals surface area (Å²) in [6, 6.07) is 18.7. The maximum absolute atomic E-state index is 6.22. The molecule has 0 spiro atoms. The lowest BCUT2D eigenvalue weighted by molar-refractivity contribution is 0.237. The highest BCUT2D eigenvalue weighted by molar-refractivity contribution is 6.31. The fourth-order valence-electron chi connectivity index (χ4n) is 2.33. The van der Waals surface area contributed by atoms with Gasteiger partial charge in [0.2, 0.25) is 0 Å². The highest BCUT2D eigenvalue weighted by Crippen LogP contribution is 2.18. The van der Waals surface area contributed by atoms with Crippen LogP contribution in [-0.2, 0) is 13.0 Å². The molecule has 0 fully saturated rings. The Morgan fingerprint density at radius 1 is 1.05 bits per heavy atom. The molecule has 0 aliphatic carbocycles. The van der Waals surface area contributed by atoms with E-state index < -0.39 is 0 Å². The minimum Gasteiger partial charge on any atom is -0.329 e. The molecule has 0 aromatic heterocycles. The first kappa shape index (κ1) is 15.0. The number of likely N-dealkylation sites (N-methyl/N-ethyl adjacent to an activating group) is 1. The minimum absolute atomic E-state index is 0.314. The van der Waals surface area contributed by atoms with E-state index in [2.05, 4.69) is 42.3 Å². The topological polar surface area (TPSA) is 29.3 Å². The summed E-state index contributed by atoms with van der Waals surface area (Å²) in [6.07, 6.45) is 0.957. The van der Waals surface area contributed by atoms with Gasteiger partial charge in [0.15, 0.2) is 0 Å². The summed E-state index contributed by atoms with van der Waals surface area (Å²) >= 11 is 6.22. The second kappa shape index (κ2) is 7.44. The van der Waals surface area contributed by atoms with Gasteiger partial charge in [-0.25, -0.2) is 0 Å². The second-order valence-corrected chi connectivity index (χ2v) is 5.49. The van der Waals surface area contributed by atoms with Crippen LogP contribution in [0.15, 0.2) is 54.6 Å². The van der Waals surface area contributed by atoms with Crippen molar-refractivity contribution in [2.24, 2.45) is 5.73 Å². The van der Waals surface area contributed by atoms with E-state index in [0.717, 1.165) is 23.6 Å². The first-order chi connectivity index (χ1) is 9.70. The average Bonchev–Trinajstić information content (AvgIpc) is 2.48. The van der Waals surface area contributed by atoms with Crippen molar-refractivity contribution < 1.29 is 0 Å². The van der Waals surface area contributed by atoms with Crippen LogP contribution in [0.2, 0.25) is 5.02 Å². The van der Waals surface area contributed by atoms with Crippen LogP contribution in [-0.4, -0.2) is 24.5 Å². The van der Waals surface area contributed by atoms with Crippen molar-refractivity contribution in [2.45, 2.75) is 19.0 Å². The van der Waals surface area contributed by atoms with Gasteiger partial charge in [-0.3, -0.25) is 4.90 Å². The van der Waals surface area contributed by atoms with E-state index in [1.54, 1.807) is 0 Å². The number of hydrogen-bond donors (Lipinski definition) is 1. The van der Waals surface area contributed by atoms with Crippen LogP contribution in [0.5, 0.6) is 0 Å². The number of halogens is 1. The number of benzene rings is 2. The molecule has 3 heteroatoms. The first-order valence-corrected chi connectivity index (χ1v) is 7.26. The first-order valence-electron chi connectivity index (χ1n) is 6.88. The van der Waals surface area contributed by atoms with Gasteiger partial charge in [-0.2, -0.15) is 0 Å². The van der Waals surface area contributed by atoms with Crippen molar-refractivity contribution in [3.05, 3.63) is 70.7 Å². The third-order valence-electron chi connectivity index (χ3n) is 3.59. The smallest absolute Gasteiger partial charge is 0.0451 e. The monoisotopic (exact) mass is 288 g/mol. The predicted octanol–water partition coefficient (Wildman–Crippen LogP) is 3.34. The highest BCUT2D eigenvalue weighted by atomic mass is 35.5. The molecule has 0 heterocycles. The van der Waals surface area contributed by atoms with Crippen LogP contribution in [0.4, 0.5) is 0 Å². The van der Waals surface area contributed by atoms with E-state index >= 15 is 0 Å². The summed E-state index contributed by atoms with van der Waals surface area (Å²) in [5.41, 5.74) is 8.39. The molecule has 2 aromatic rings. The Labute approximate surface area is 126 Å². The standard InChI is InChI=1S/C17H21ClN2/c1-20(13-15-9-5-6-10-17(15)18)16(12-19)11-14-7-3-2-4-8-14/h2-10,16H,11-13,19H2,1H3. The van der Waals surface area contributed by atoms with Gasteiger partial charge in [0, 0.05) is 24.2 Å². The van der Waals surface area contributed by atoms with Crippen molar-refractivity contribution in [3.8, 4) is 0 Å². The Kier molecular flexibility index (Phi) is 5.60. The van der Waals surface area contributed by atoms with E-state index in [-0.39, 0.29) is 0 Å². The highest BCUT2D eigenvalue weighted by Gasteiger charge is 2.15. The van der Waals surface area contributed by atoms with Crippen molar-refractivity contribution >= 4 is 11.6 Å². The van der Waals surface area contributed by atoms with Gasteiger partial charge in [0.25, 0.3) is 0 Å². The summed E-state index contributed by atoms with van der Waals surface area (Å²) in [5.74, 6) is 0. The average molecular weight is 289 g/mol. The molecular formula is C17H21ClN2. The van der Waals surface area contributed by atoms with E-state index in [4.69, 9.17) is 17.3 Å². The molecule has 0 radical (unpaired) electrons. The predicted molar refractivity (Wildman–Crippen MR) is 85.9 cm³/mol. The Hall–Kier alpha value is -1.35. The zero-order chi connectivity index (χ0) is 14.4. The van der Waals surface area contributed by atoms with E-state index in [9.17, 15) is 0 Å². The lowest BCUT2D eigenvalue weighted by Crippen LogP contribution is -2.39. The maximum atomic E-state index is 6.22. The summed E-state index contributed by atoms with van der Waals surface area (Å²) in [6.45, 7) is 1.45. The lowest BCUT2D eigenvalue weighted by Gasteiger charge is -2.27. The molecule has 0 aliphatic rings. The van der Waals surface area contributed by atoms with Crippen LogP contribution in [0, 0.1) is 0 Å².